The van der Waals surface area contributed by atoms with Crippen molar-refractivity contribution >= 4 is 39.5 Å². The molecule has 6 atom stereocenters. The van der Waals surface area contributed by atoms with Crippen LogP contribution in [-0.4, -0.2) is 96.7 Å². The van der Waals surface area contributed by atoms with Gasteiger partial charge in [-0.25, -0.2) is 9.13 Å². The molecule has 0 aromatic heterocycles. The van der Waals surface area contributed by atoms with Crippen LogP contribution in [0.25, 0.3) is 0 Å². The standard InChI is InChI=1S/C82H160O17P2/c1-7-10-12-14-16-18-20-22-24-26-30-34-40-46-52-58-64-79(84)92-70-77(98-82(87)67-61-55-49-42-36-32-28-27-29-33-39-45-51-57-63-75(6)9-3)72-96-100(88,89)94-68-76(83)69-95-101(90,91)97-73-78(71-93-80(85)65-59-53-47-43-37-38-44-50-56-62-74(4)5)99-81(86)66-60-54-48-41-35-31-25-23-21-19-17-15-13-11-8-2/h74-78,83H,7-73H2,1-6H3,(H,88,89)(H,90,91)/t75?,76-,77-,78-/m1/s1. The van der Waals surface area contributed by atoms with Crippen molar-refractivity contribution in [2.24, 2.45) is 11.8 Å². The molecule has 19 heteroatoms. The van der Waals surface area contributed by atoms with E-state index in [9.17, 15) is 43.2 Å². The van der Waals surface area contributed by atoms with E-state index in [1.54, 1.807) is 0 Å². The van der Waals surface area contributed by atoms with Crippen LogP contribution in [0.1, 0.15) is 433 Å². The summed E-state index contributed by atoms with van der Waals surface area (Å²) in [5.74, 6) is -0.515. The molecule has 0 radical (unpaired) electrons. The number of hydrogen-bond acceptors (Lipinski definition) is 15. The fourth-order valence-corrected chi connectivity index (χ4v) is 14.3. The van der Waals surface area contributed by atoms with Gasteiger partial charge in [0.05, 0.1) is 26.4 Å². The molecule has 0 saturated carbocycles. The molecule has 0 aliphatic heterocycles. The summed E-state index contributed by atoms with van der Waals surface area (Å²) in [5.41, 5.74) is 0. The Bertz CT molecular complexity index is 1940. The maximum Gasteiger partial charge on any atom is 0.472 e. The zero-order chi connectivity index (χ0) is 74.2. The molecule has 0 amide bonds. The van der Waals surface area contributed by atoms with E-state index in [4.69, 9.17) is 37.0 Å². The Balaban J connectivity index is 5.27. The molecule has 0 aliphatic rings. The molecule has 0 heterocycles. The summed E-state index contributed by atoms with van der Waals surface area (Å²) >= 11 is 0. The van der Waals surface area contributed by atoms with Crippen LogP contribution in [0.3, 0.4) is 0 Å². The number of carbonyl (C=O) groups excluding carboxylic acids is 4. The Morgan fingerprint density at radius 3 is 0.752 bits per heavy atom. The lowest BCUT2D eigenvalue weighted by molar-refractivity contribution is -0.161. The number of unbranched alkanes of at least 4 members (excludes halogenated alkanes) is 50. The molecule has 101 heavy (non-hydrogen) atoms. The van der Waals surface area contributed by atoms with Gasteiger partial charge >= 0.3 is 39.5 Å². The third kappa shape index (κ3) is 74.7. The predicted octanol–water partition coefficient (Wildman–Crippen LogP) is 24.7. The fraction of sp³-hybridized carbons (Fsp3) is 0.951. The second-order valence-electron chi connectivity index (χ2n) is 30.2. The highest BCUT2D eigenvalue weighted by atomic mass is 31.2. The fourth-order valence-electron chi connectivity index (χ4n) is 12.7. The van der Waals surface area contributed by atoms with Gasteiger partial charge < -0.3 is 33.8 Å². The Morgan fingerprint density at radius 2 is 0.505 bits per heavy atom. The van der Waals surface area contributed by atoms with E-state index in [1.807, 2.05) is 0 Å². The molecule has 0 bridgehead atoms. The average molecular weight is 1480 g/mol. The quantitative estimate of drug-likeness (QED) is 0.0222. The lowest BCUT2D eigenvalue weighted by atomic mass is 9.99. The largest absolute Gasteiger partial charge is 0.472 e. The molecule has 3 unspecified atom stereocenters. The molecule has 0 fully saturated rings. The zero-order valence-corrected chi connectivity index (χ0v) is 68.0. The minimum atomic E-state index is -4.96. The number of carbonyl (C=O) groups is 4. The number of aliphatic hydroxyl groups is 1. The van der Waals surface area contributed by atoms with Gasteiger partial charge in [-0.2, -0.15) is 0 Å². The molecular formula is C82H160O17P2. The maximum absolute atomic E-state index is 13.1. The Labute approximate surface area is 619 Å². The first-order valence-corrected chi connectivity index (χ1v) is 45.5. The van der Waals surface area contributed by atoms with Crippen LogP contribution in [0.2, 0.25) is 0 Å². The van der Waals surface area contributed by atoms with Gasteiger partial charge in [0.1, 0.15) is 19.3 Å². The summed E-state index contributed by atoms with van der Waals surface area (Å²) in [5, 5.41) is 10.7. The van der Waals surface area contributed by atoms with Crippen molar-refractivity contribution in [3.05, 3.63) is 0 Å². The highest BCUT2D eigenvalue weighted by Gasteiger charge is 2.30. The number of ether oxygens (including phenoxy) is 4. The molecule has 0 aliphatic carbocycles. The number of rotatable bonds is 81. The van der Waals surface area contributed by atoms with E-state index in [0.717, 1.165) is 102 Å². The Kier molecular flexibility index (Phi) is 72.2. The molecule has 17 nitrogen and oxygen atoms in total. The first-order valence-electron chi connectivity index (χ1n) is 42.5. The predicted molar refractivity (Wildman–Crippen MR) is 414 cm³/mol. The third-order valence-electron chi connectivity index (χ3n) is 19.6. The van der Waals surface area contributed by atoms with Crippen molar-refractivity contribution in [3.63, 3.8) is 0 Å². The van der Waals surface area contributed by atoms with Gasteiger partial charge in [-0.15, -0.1) is 0 Å². The first-order chi connectivity index (χ1) is 48.9. The van der Waals surface area contributed by atoms with Crippen LogP contribution in [0.4, 0.5) is 0 Å². The van der Waals surface area contributed by atoms with Crippen molar-refractivity contribution < 1.29 is 80.2 Å². The van der Waals surface area contributed by atoms with Crippen molar-refractivity contribution in [1.82, 2.24) is 0 Å². The van der Waals surface area contributed by atoms with Crippen molar-refractivity contribution in [2.45, 2.75) is 452 Å². The number of aliphatic hydroxyl groups excluding tert-OH is 1. The third-order valence-corrected chi connectivity index (χ3v) is 21.5. The minimum Gasteiger partial charge on any atom is -0.462 e. The topological polar surface area (TPSA) is 237 Å². The van der Waals surface area contributed by atoms with Crippen LogP contribution in [-0.2, 0) is 65.4 Å². The van der Waals surface area contributed by atoms with Crippen molar-refractivity contribution in [3.8, 4) is 0 Å². The molecule has 0 aromatic rings. The van der Waals surface area contributed by atoms with Gasteiger partial charge in [0.15, 0.2) is 12.2 Å². The first kappa shape index (κ1) is 99.1. The van der Waals surface area contributed by atoms with Gasteiger partial charge in [-0.1, -0.05) is 382 Å². The Morgan fingerprint density at radius 1 is 0.287 bits per heavy atom. The monoisotopic (exact) mass is 1480 g/mol. The van der Waals surface area contributed by atoms with Crippen LogP contribution in [0.15, 0.2) is 0 Å². The summed E-state index contributed by atoms with van der Waals surface area (Å²) in [6, 6.07) is 0. The average Bonchev–Trinajstić information content (AvgIpc) is 1.17. The van der Waals surface area contributed by atoms with Gasteiger partial charge in [0.25, 0.3) is 0 Å². The van der Waals surface area contributed by atoms with E-state index >= 15 is 0 Å². The highest BCUT2D eigenvalue weighted by Crippen LogP contribution is 2.45. The second kappa shape index (κ2) is 73.6. The van der Waals surface area contributed by atoms with Crippen molar-refractivity contribution in [2.75, 3.05) is 39.6 Å². The molecule has 3 N–H and O–H groups in total. The normalized spacial score (nSPS) is 14.2. The van der Waals surface area contributed by atoms with Gasteiger partial charge in [0, 0.05) is 25.7 Å². The zero-order valence-electron chi connectivity index (χ0n) is 66.2. The number of hydrogen-bond donors (Lipinski definition) is 3. The van der Waals surface area contributed by atoms with Crippen LogP contribution in [0.5, 0.6) is 0 Å². The van der Waals surface area contributed by atoms with Gasteiger partial charge in [-0.05, 0) is 37.5 Å². The number of phosphoric acid groups is 2. The molecule has 600 valence electrons. The molecular weight excluding hydrogens is 1320 g/mol. The number of esters is 4. The second-order valence-corrected chi connectivity index (χ2v) is 33.1. The van der Waals surface area contributed by atoms with Crippen LogP contribution in [0, 0.1) is 11.8 Å². The minimum absolute atomic E-state index is 0.108. The van der Waals surface area contributed by atoms with Crippen LogP contribution >= 0.6 is 15.6 Å². The lowest BCUT2D eigenvalue weighted by Crippen LogP contribution is -2.30. The summed E-state index contributed by atoms with van der Waals surface area (Å²) in [6.45, 7) is 9.69. The summed E-state index contributed by atoms with van der Waals surface area (Å²) in [6.07, 6.45) is 63.6. The lowest BCUT2D eigenvalue weighted by Gasteiger charge is -2.21. The summed E-state index contributed by atoms with van der Waals surface area (Å²) < 4.78 is 68.8. The van der Waals surface area contributed by atoms with Crippen molar-refractivity contribution in [1.29, 1.82) is 0 Å². The SMILES string of the molecule is CCCCCCCCCCCCCCCCCCC(=O)OC[C@H](COP(=O)(O)OC[C@@H](O)COP(=O)(O)OC[C@@H](COC(=O)CCCCCCCCCCCC(C)C)OC(=O)CCCCCCCCCCCCCCCCC)OC(=O)CCCCCCCCCCCCCCCCC(C)CC. The number of phosphoric ester groups is 2. The smallest absolute Gasteiger partial charge is 0.462 e. The van der Waals surface area contributed by atoms with E-state index in [0.29, 0.717) is 25.7 Å². The molecule has 0 spiro atoms. The summed E-state index contributed by atoms with van der Waals surface area (Å²) in [7, 11) is -9.92. The molecule has 0 saturated heterocycles. The van der Waals surface area contributed by atoms with Crippen LogP contribution < -0.4 is 0 Å². The van der Waals surface area contributed by atoms with E-state index < -0.39 is 97.5 Å². The van der Waals surface area contributed by atoms with E-state index in [2.05, 4.69) is 41.5 Å². The van der Waals surface area contributed by atoms with Gasteiger partial charge in [-0.3, -0.25) is 37.3 Å². The van der Waals surface area contributed by atoms with E-state index in [1.165, 1.54) is 250 Å². The Hall–Kier alpha value is -1.94. The molecule has 0 rings (SSSR count). The molecule has 0 aromatic carbocycles. The summed E-state index contributed by atoms with van der Waals surface area (Å²) in [4.78, 5) is 73.1. The van der Waals surface area contributed by atoms with E-state index in [-0.39, 0.29) is 25.7 Å². The highest BCUT2D eigenvalue weighted by molar-refractivity contribution is 7.47. The van der Waals surface area contributed by atoms with Gasteiger partial charge in [0.2, 0.25) is 0 Å². The maximum atomic E-state index is 13.1.